The lowest BCUT2D eigenvalue weighted by Crippen LogP contribution is -2.21. The van der Waals surface area contributed by atoms with Gasteiger partial charge in [0.05, 0.1) is 13.7 Å². The molecular formula is C27H36N6O2. The Balaban J connectivity index is 1.34. The van der Waals surface area contributed by atoms with E-state index in [1.165, 1.54) is 37.2 Å². The van der Waals surface area contributed by atoms with Crippen molar-refractivity contribution in [3.63, 3.8) is 0 Å². The number of methoxy groups -OCH3 is 1. The van der Waals surface area contributed by atoms with Gasteiger partial charge >= 0.3 is 0 Å². The third-order valence-electron chi connectivity index (χ3n) is 6.09. The fourth-order valence-corrected chi connectivity index (χ4v) is 4.18. The first kappa shape index (κ1) is 24.6. The number of likely N-dealkylation sites (tertiary alicyclic amines) is 1. The third-order valence-corrected chi connectivity index (χ3v) is 6.09. The molecule has 2 heterocycles. The van der Waals surface area contributed by atoms with Crippen molar-refractivity contribution in [3.8, 4) is 11.5 Å². The van der Waals surface area contributed by atoms with E-state index >= 15 is 0 Å². The smallest absolute Gasteiger partial charge is 0.229 e. The summed E-state index contributed by atoms with van der Waals surface area (Å²) in [5.41, 5.74) is 3.21. The molecule has 4 rings (SSSR count). The molecule has 1 saturated heterocycles. The van der Waals surface area contributed by atoms with Crippen molar-refractivity contribution in [2.24, 2.45) is 0 Å². The van der Waals surface area contributed by atoms with E-state index in [0.29, 0.717) is 30.6 Å². The van der Waals surface area contributed by atoms with Crippen LogP contribution >= 0.6 is 0 Å². The zero-order valence-electron chi connectivity index (χ0n) is 20.7. The zero-order chi connectivity index (χ0) is 24.3. The Hall–Kier alpha value is -3.52. The SMILES string of the molecule is CNC1=CC(CNc2ccnc(Nc3ccc(OC)c(OCCCN4CCCC4)c3)n2)=CC=CC1. The van der Waals surface area contributed by atoms with E-state index in [9.17, 15) is 0 Å². The maximum absolute atomic E-state index is 6.06. The van der Waals surface area contributed by atoms with Crippen molar-refractivity contribution < 1.29 is 9.47 Å². The van der Waals surface area contributed by atoms with E-state index in [4.69, 9.17) is 9.47 Å². The van der Waals surface area contributed by atoms with Crippen molar-refractivity contribution in [2.75, 3.05) is 57.6 Å². The number of ether oxygens (including phenoxy) is 2. The van der Waals surface area contributed by atoms with Crippen LogP contribution < -0.4 is 25.4 Å². The lowest BCUT2D eigenvalue weighted by Gasteiger charge is -2.16. The fourth-order valence-electron chi connectivity index (χ4n) is 4.18. The summed E-state index contributed by atoms with van der Waals surface area (Å²) >= 11 is 0. The van der Waals surface area contributed by atoms with Gasteiger partial charge in [0.25, 0.3) is 0 Å². The summed E-state index contributed by atoms with van der Waals surface area (Å²) in [6.45, 7) is 4.82. The minimum atomic E-state index is 0.515. The Bertz CT molecular complexity index is 1060. The lowest BCUT2D eigenvalue weighted by molar-refractivity contribution is 0.254. The molecule has 0 bridgehead atoms. The molecule has 0 amide bonds. The number of nitrogens with zero attached hydrogens (tertiary/aromatic N) is 3. The molecule has 1 fully saturated rings. The van der Waals surface area contributed by atoms with Gasteiger partial charge in [0, 0.05) is 50.2 Å². The molecule has 0 saturated carbocycles. The maximum atomic E-state index is 6.06. The number of aromatic nitrogens is 2. The standard InChI is InChI=1S/C27H36N6O2/c1-28-22-9-4-3-8-21(18-22)20-30-26-12-13-29-27(32-26)31-23-10-11-24(34-2)25(19-23)35-17-7-16-33-14-5-6-15-33/h3-4,8,10-13,18-19,28H,5-7,9,14-17,20H2,1-2H3,(H2,29,30,31,32). The monoisotopic (exact) mass is 476 g/mol. The first-order valence-electron chi connectivity index (χ1n) is 12.3. The van der Waals surface area contributed by atoms with E-state index in [-0.39, 0.29) is 0 Å². The van der Waals surface area contributed by atoms with E-state index in [0.717, 1.165) is 30.9 Å². The van der Waals surface area contributed by atoms with Crippen LogP contribution in [0.15, 0.2) is 66.0 Å². The van der Waals surface area contributed by atoms with Crippen LogP contribution in [0.3, 0.4) is 0 Å². The van der Waals surface area contributed by atoms with Crippen LogP contribution in [-0.2, 0) is 0 Å². The Morgan fingerprint density at radius 2 is 2.00 bits per heavy atom. The molecule has 0 unspecified atom stereocenters. The van der Waals surface area contributed by atoms with E-state index < -0.39 is 0 Å². The van der Waals surface area contributed by atoms with Gasteiger partial charge in [-0.05, 0) is 62.2 Å². The van der Waals surface area contributed by atoms with Crippen molar-refractivity contribution in [3.05, 3.63) is 66.0 Å². The molecule has 3 N–H and O–H groups in total. The quantitative estimate of drug-likeness (QED) is 0.387. The molecule has 2 aliphatic rings. The van der Waals surface area contributed by atoms with Crippen molar-refractivity contribution in [2.45, 2.75) is 25.7 Å². The summed E-state index contributed by atoms with van der Waals surface area (Å²) in [5, 5.41) is 9.90. The van der Waals surface area contributed by atoms with Crippen molar-refractivity contribution >= 4 is 17.5 Å². The minimum Gasteiger partial charge on any atom is -0.493 e. The van der Waals surface area contributed by atoms with Gasteiger partial charge in [0.1, 0.15) is 5.82 Å². The number of hydrogen-bond acceptors (Lipinski definition) is 8. The summed E-state index contributed by atoms with van der Waals surface area (Å²) in [6.07, 6.45) is 14.8. The molecule has 8 heteroatoms. The highest BCUT2D eigenvalue weighted by molar-refractivity contribution is 5.60. The van der Waals surface area contributed by atoms with Gasteiger partial charge in [0.2, 0.25) is 5.95 Å². The molecule has 1 aliphatic carbocycles. The highest BCUT2D eigenvalue weighted by atomic mass is 16.5. The number of allylic oxidation sites excluding steroid dienone is 3. The Morgan fingerprint density at radius 1 is 1.11 bits per heavy atom. The highest BCUT2D eigenvalue weighted by Gasteiger charge is 2.12. The van der Waals surface area contributed by atoms with Gasteiger partial charge < -0.3 is 30.3 Å². The summed E-state index contributed by atoms with van der Waals surface area (Å²) < 4.78 is 11.5. The van der Waals surface area contributed by atoms with Crippen molar-refractivity contribution in [1.29, 1.82) is 0 Å². The van der Waals surface area contributed by atoms with Crippen molar-refractivity contribution in [1.82, 2.24) is 20.2 Å². The number of nitrogens with one attached hydrogen (secondary N) is 3. The van der Waals surface area contributed by atoms with E-state index in [2.05, 4.69) is 55.1 Å². The first-order valence-corrected chi connectivity index (χ1v) is 12.3. The Labute approximate surface area is 208 Å². The molecule has 1 aromatic carbocycles. The minimum absolute atomic E-state index is 0.515. The topological polar surface area (TPSA) is 83.6 Å². The number of benzene rings is 1. The second-order valence-corrected chi connectivity index (χ2v) is 8.65. The van der Waals surface area contributed by atoms with Gasteiger partial charge in [0.15, 0.2) is 11.5 Å². The summed E-state index contributed by atoms with van der Waals surface area (Å²) in [5.74, 6) is 2.70. The van der Waals surface area contributed by atoms with Crippen LogP contribution in [0.4, 0.5) is 17.5 Å². The lowest BCUT2D eigenvalue weighted by atomic mass is 10.2. The van der Waals surface area contributed by atoms with E-state index in [1.54, 1.807) is 13.3 Å². The van der Waals surface area contributed by atoms with Gasteiger partial charge in [-0.1, -0.05) is 18.2 Å². The fraction of sp³-hybridized carbons (Fsp3) is 0.407. The zero-order valence-corrected chi connectivity index (χ0v) is 20.7. The van der Waals surface area contributed by atoms with Crippen LogP contribution in [0.1, 0.15) is 25.7 Å². The van der Waals surface area contributed by atoms with Crippen LogP contribution in [0.2, 0.25) is 0 Å². The molecule has 8 nitrogen and oxygen atoms in total. The molecule has 186 valence electrons. The van der Waals surface area contributed by atoms with E-state index in [1.807, 2.05) is 31.3 Å². The average Bonchev–Trinajstić information content (AvgIpc) is 3.29. The number of rotatable bonds is 12. The molecule has 1 aliphatic heterocycles. The van der Waals surface area contributed by atoms with Gasteiger partial charge in [-0.25, -0.2) is 4.98 Å². The second kappa shape index (κ2) is 12.8. The summed E-state index contributed by atoms with van der Waals surface area (Å²) in [6, 6.07) is 7.64. The molecule has 0 radical (unpaired) electrons. The number of hydrogen-bond donors (Lipinski definition) is 3. The van der Waals surface area contributed by atoms with Crippen LogP contribution in [-0.4, -0.2) is 61.8 Å². The largest absolute Gasteiger partial charge is 0.493 e. The summed E-state index contributed by atoms with van der Waals surface area (Å²) in [4.78, 5) is 11.5. The highest BCUT2D eigenvalue weighted by Crippen LogP contribution is 2.31. The van der Waals surface area contributed by atoms with Gasteiger partial charge in [-0.3, -0.25) is 0 Å². The second-order valence-electron chi connectivity index (χ2n) is 8.65. The first-order chi connectivity index (χ1) is 17.2. The Morgan fingerprint density at radius 3 is 2.83 bits per heavy atom. The molecule has 2 aromatic rings. The normalized spacial score (nSPS) is 15.7. The molecular weight excluding hydrogens is 440 g/mol. The molecule has 35 heavy (non-hydrogen) atoms. The Kier molecular flexibility index (Phi) is 9.00. The predicted molar refractivity (Wildman–Crippen MR) is 142 cm³/mol. The molecule has 0 atom stereocenters. The predicted octanol–water partition coefficient (Wildman–Crippen LogP) is 4.50. The van der Waals surface area contributed by atoms with Gasteiger partial charge in [-0.2, -0.15) is 4.98 Å². The maximum Gasteiger partial charge on any atom is 0.229 e. The summed E-state index contributed by atoms with van der Waals surface area (Å²) in [7, 11) is 3.61. The molecule has 0 spiro atoms. The third kappa shape index (κ3) is 7.48. The van der Waals surface area contributed by atoms with Crippen LogP contribution in [0.25, 0.3) is 0 Å². The van der Waals surface area contributed by atoms with Crippen LogP contribution in [0.5, 0.6) is 11.5 Å². The molecule has 1 aromatic heterocycles. The van der Waals surface area contributed by atoms with Crippen LogP contribution in [0, 0.1) is 0 Å². The average molecular weight is 477 g/mol. The number of anilines is 3. The van der Waals surface area contributed by atoms with Gasteiger partial charge in [-0.15, -0.1) is 0 Å².